The maximum Gasteiger partial charge on any atom is 0.261 e. The molecule has 0 saturated carbocycles. The third-order valence-corrected chi connectivity index (χ3v) is 4.43. The highest BCUT2D eigenvalue weighted by molar-refractivity contribution is 7.12. The average Bonchev–Trinajstić information content (AvgIpc) is 3.00. The molecule has 0 aliphatic rings. The first-order valence-electron chi connectivity index (χ1n) is 7.29. The van der Waals surface area contributed by atoms with E-state index in [-0.39, 0.29) is 24.3 Å². The SMILES string of the molecule is CCC(CC)C(O)CNC(=O)C(C)NC(=O)c1cccs1. The van der Waals surface area contributed by atoms with Crippen LogP contribution in [0.5, 0.6) is 0 Å². The molecule has 0 aromatic carbocycles. The lowest BCUT2D eigenvalue weighted by molar-refractivity contribution is -0.123. The van der Waals surface area contributed by atoms with Gasteiger partial charge in [-0.25, -0.2) is 0 Å². The smallest absolute Gasteiger partial charge is 0.261 e. The van der Waals surface area contributed by atoms with Crippen LogP contribution in [0.2, 0.25) is 0 Å². The summed E-state index contributed by atoms with van der Waals surface area (Å²) < 4.78 is 0. The number of carbonyl (C=O) groups is 2. The molecule has 2 unspecified atom stereocenters. The lowest BCUT2D eigenvalue weighted by Crippen LogP contribution is -2.47. The van der Waals surface area contributed by atoms with E-state index in [2.05, 4.69) is 10.6 Å². The van der Waals surface area contributed by atoms with Crippen LogP contribution in [0.1, 0.15) is 43.3 Å². The Morgan fingerprint density at radius 2 is 2.00 bits per heavy atom. The van der Waals surface area contributed by atoms with Crippen LogP contribution >= 0.6 is 11.3 Å². The predicted molar refractivity (Wildman–Crippen MR) is 84.3 cm³/mol. The number of hydrogen-bond acceptors (Lipinski definition) is 4. The van der Waals surface area contributed by atoms with E-state index < -0.39 is 12.1 Å². The Kier molecular flexibility index (Phi) is 7.39. The average molecular weight is 312 g/mol. The highest BCUT2D eigenvalue weighted by Crippen LogP contribution is 2.12. The number of rotatable bonds is 8. The topological polar surface area (TPSA) is 78.4 Å². The fourth-order valence-electron chi connectivity index (χ4n) is 2.10. The highest BCUT2D eigenvalue weighted by atomic mass is 32.1. The van der Waals surface area contributed by atoms with E-state index in [1.807, 2.05) is 19.2 Å². The quantitative estimate of drug-likeness (QED) is 0.684. The van der Waals surface area contributed by atoms with Crippen LogP contribution in [0.15, 0.2) is 17.5 Å². The Bertz CT molecular complexity index is 444. The van der Waals surface area contributed by atoms with Gasteiger partial charge in [-0.3, -0.25) is 9.59 Å². The number of carbonyl (C=O) groups excluding carboxylic acids is 2. The van der Waals surface area contributed by atoms with E-state index in [0.717, 1.165) is 12.8 Å². The minimum atomic E-state index is -0.631. The molecule has 1 aromatic rings. The maximum absolute atomic E-state index is 11.9. The zero-order valence-corrected chi connectivity index (χ0v) is 13.6. The summed E-state index contributed by atoms with van der Waals surface area (Å²) in [4.78, 5) is 24.3. The molecule has 0 spiro atoms. The predicted octanol–water partition coefficient (Wildman–Crippen LogP) is 1.78. The second-order valence-electron chi connectivity index (χ2n) is 5.06. The van der Waals surface area contributed by atoms with E-state index in [1.54, 1.807) is 19.1 Å². The summed E-state index contributed by atoms with van der Waals surface area (Å²) in [6, 6.07) is 2.87. The van der Waals surface area contributed by atoms with Gasteiger partial charge in [0.2, 0.25) is 5.91 Å². The Morgan fingerprint density at radius 3 is 2.52 bits per heavy atom. The number of nitrogens with one attached hydrogen (secondary N) is 2. The van der Waals surface area contributed by atoms with Gasteiger partial charge in [-0.2, -0.15) is 0 Å². The Hall–Kier alpha value is -1.40. The monoisotopic (exact) mass is 312 g/mol. The Labute approximate surface area is 129 Å². The molecule has 118 valence electrons. The van der Waals surface area contributed by atoms with E-state index in [4.69, 9.17) is 0 Å². The highest BCUT2D eigenvalue weighted by Gasteiger charge is 2.20. The van der Waals surface area contributed by atoms with Crippen molar-refractivity contribution in [2.24, 2.45) is 5.92 Å². The fourth-order valence-corrected chi connectivity index (χ4v) is 2.73. The summed E-state index contributed by atoms with van der Waals surface area (Å²) >= 11 is 1.33. The minimum absolute atomic E-state index is 0.182. The molecule has 0 saturated heterocycles. The van der Waals surface area contributed by atoms with Crippen LogP contribution < -0.4 is 10.6 Å². The van der Waals surface area contributed by atoms with Crippen molar-refractivity contribution >= 4 is 23.2 Å². The second-order valence-corrected chi connectivity index (χ2v) is 6.01. The third-order valence-electron chi connectivity index (χ3n) is 3.56. The van der Waals surface area contributed by atoms with Gasteiger partial charge in [-0.05, 0) is 24.3 Å². The molecule has 21 heavy (non-hydrogen) atoms. The standard InChI is InChI=1S/C15H24N2O3S/c1-4-11(5-2)12(18)9-16-14(19)10(3)17-15(20)13-7-6-8-21-13/h6-8,10-12,18H,4-5,9H2,1-3H3,(H,16,19)(H,17,20). The Morgan fingerprint density at radius 1 is 1.33 bits per heavy atom. The van der Waals surface area contributed by atoms with Gasteiger partial charge in [0, 0.05) is 6.54 Å². The van der Waals surface area contributed by atoms with Crippen LogP contribution in [0.4, 0.5) is 0 Å². The van der Waals surface area contributed by atoms with Crippen LogP contribution in [0, 0.1) is 5.92 Å². The van der Waals surface area contributed by atoms with Crippen molar-refractivity contribution in [3.63, 3.8) is 0 Å². The molecular weight excluding hydrogens is 288 g/mol. The first-order chi connectivity index (χ1) is 9.99. The van der Waals surface area contributed by atoms with Crippen molar-refractivity contribution in [3.8, 4) is 0 Å². The molecule has 0 bridgehead atoms. The van der Waals surface area contributed by atoms with Crippen molar-refractivity contribution in [2.75, 3.05) is 6.54 Å². The number of aliphatic hydroxyl groups is 1. The molecular formula is C15H24N2O3S. The zero-order chi connectivity index (χ0) is 15.8. The largest absolute Gasteiger partial charge is 0.391 e. The molecule has 2 amide bonds. The van der Waals surface area contributed by atoms with E-state index >= 15 is 0 Å². The van der Waals surface area contributed by atoms with Crippen LogP contribution in [-0.4, -0.2) is 35.6 Å². The van der Waals surface area contributed by atoms with E-state index in [0.29, 0.717) is 4.88 Å². The Balaban J connectivity index is 2.39. The van der Waals surface area contributed by atoms with Crippen molar-refractivity contribution in [1.29, 1.82) is 0 Å². The van der Waals surface area contributed by atoms with Gasteiger partial charge < -0.3 is 15.7 Å². The lowest BCUT2D eigenvalue weighted by Gasteiger charge is -2.21. The van der Waals surface area contributed by atoms with Gasteiger partial charge in [0.15, 0.2) is 0 Å². The maximum atomic E-state index is 11.9. The molecule has 3 N–H and O–H groups in total. The summed E-state index contributed by atoms with van der Waals surface area (Å²) in [6.07, 6.45) is 1.19. The zero-order valence-electron chi connectivity index (χ0n) is 12.8. The summed E-state index contributed by atoms with van der Waals surface area (Å²) in [5.74, 6) is -0.362. The molecule has 1 heterocycles. The fraction of sp³-hybridized carbons (Fsp3) is 0.600. The number of hydrogen-bond donors (Lipinski definition) is 3. The number of amides is 2. The number of thiophene rings is 1. The van der Waals surface area contributed by atoms with Gasteiger partial charge in [0.1, 0.15) is 6.04 Å². The molecule has 0 aliphatic carbocycles. The van der Waals surface area contributed by atoms with Crippen molar-refractivity contribution in [1.82, 2.24) is 10.6 Å². The molecule has 1 aromatic heterocycles. The van der Waals surface area contributed by atoms with Crippen molar-refractivity contribution in [2.45, 2.75) is 45.8 Å². The first-order valence-corrected chi connectivity index (χ1v) is 8.17. The van der Waals surface area contributed by atoms with Gasteiger partial charge in [-0.1, -0.05) is 32.8 Å². The second kappa shape index (κ2) is 8.79. The molecule has 6 heteroatoms. The summed E-state index contributed by atoms with van der Waals surface area (Å²) in [5, 5.41) is 17.1. The molecule has 2 atom stereocenters. The van der Waals surface area contributed by atoms with Crippen LogP contribution in [-0.2, 0) is 4.79 Å². The van der Waals surface area contributed by atoms with Gasteiger partial charge in [-0.15, -0.1) is 11.3 Å². The van der Waals surface area contributed by atoms with Crippen molar-refractivity contribution in [3.05, 3.63) is 22.4 Å². The lowest BCUT2D eigenvalue weighted by atomic mass is 9.96. The van der Waals surface area contributed by atoms with Crippen LogP contribution in [0.25, 0.3) is 0 Å². The van der Waals surface area contributed by atoms with Gasteiger partial charge >= 0.3 is 0 Å². The van der Waals surface area contributed by atoms with Crippen LogP contribution in [0.3, 0.4) is 0 Å². The van der Waals surface area contributed by atoms with E-state index in [9.17, 15) is 14.7 Å². The molecule has 0 aliphatic heterocycles. The van der Waals surface area contributed by atoms with E-state index in [1.165, 1.54) is 11.3 Å². The third kappa shape index (κ3) is 5.47. The number of aliphatic hydroxyl groups excluding tert-OH is 1. The van der Waals surface area contributed by atoms with Gasteiger partial charge in [0.05, 0.1) is 11.0 Å². The van der Waals surface area contributed by atoms with Crippen molar-refractivity contribution < 1.29 is 14.7 Å². The molecule has 5 nitrogen and oxygen atoms in total. The summed E-state index contributed by atoms with van der Waals surface area (Å²) in [7, 11) is 0. The normalized spacial score (nSPS) is 13.8. The molecule has 0 fully saturated rings. The minimum Gasteiger partial charge on any atom is -0.391 e. The first kappa shape index (κ1) is 17.7. The summed E-state index contributed by atoms with van der Waals surface area (Å²) in [5.41, 5.74) is 0. The van der Waals surface area contributed by atoms with Gasteiger partial charge in [0.25, 0.3) is 5.91 Å². The molecule has 0 radical (unpaired) electrons. The molecule has 1 rings (SSSR count). The summed E-state index contributed by atoms with van der Waals surface area (Å²) in [6.45, 7) is 5.88.